The molecule has 0 aliphatic rings. The molecule has 1 aromatic carbocycles. The Hall–Kier alpha value is -0.860. The summed E-state index contributed by atoms with van der Waals surface area (Å²) in [6, 6.07) is 5.87. The molecule has 1 rings (SSSR count). The minimum atomic E-state index is -0.427. The predicted molar refractivity (Wildman–Crippen MR) is 49.7 cm³/mol. The summed E-state index contributed by atoms with van der Waals surface area (Å²) in [5, 5.41) is 9.40. The van der Waals surface area contributed by atoms with E-state index in [1.165, 1.54) is 0 Å². The van der Waals surface area contributed by atoms with Gasteiger partial charge in [0.05, 0.1) is 6.10 Å². The van der Waals surface area contributed by atoms with Crippen LogP contribution in [0.25, 0.3) is 0 Å². The van der Waals surface area contributed by atoms with Gasteiger partial charge in [0.1, 0.15) is 0 Å². The molecular formula is C10H15NO. The van der Waals surface area contributed by atoms with Crippen molar-refractivity contribution in [3.05, 3.63) is 34.9 Å². The van der Waals surface area contributed by atoms with E-state index in [0.29, 0.717) is 6.54 Å². The van der Waals surface area contributed by atoms with Crippen molar-refractivity contribution in [2.75, 3.05) is 0 Å². The number of aliphatic hydroxyl groups is 1. The molecule has 1 unspecified atom stereocenters. The van der Waals surface area contributed by atoms with Gasteiger partial charge in [-0.05, 0) is 30.5 Å². The first kappa shape index (κ1) is 9.23. The lowest BCUT2D eigenvalue weighted by Gasteiger charge is -2.12. The molecule has 0 bridgehead atoms. The molecule has 0 radical (unpaired) electrons. The van der Waals surface area contributed by atoms with Gasteiger partial charge >= 0.3 is 0 Å². The lowest BCUT2D eigenvalue weighted by molar-refractivity contribution is 0.198. The van der Waals surface area contributed by atoms with Crippen molar-refractivity contribution in [1.29, 1.82) is 0 Å². The Bertz CT molecular complexity index is 269. The predicted octanol–water partition coefficient (Wildman–Crippen LogP) is 1.51. The van der Waals surface area contributed by atoms with Crippen LogP contribution in [0.3, 0.4) is 0 Å². The van der Waals surface area contributed by atoms with Gasteiger partial charge in [0.2, 0.25) is 0 Å². The number of hydrogen-bond donors (Lipinski definition) is 2. The average molecular weight is 165 g/mol. The monoisotopic (exact) mass is 165 g/mol. The summed E-state index contributed by atoms with van der Waals surface area (Å²) >= 11 is 0. The molecule has 1 aromatic rings. The fraction of sp³-hybridized carbons (Fsp3) is 0.400. The van der Waals surface area contributed by atoms with Crippen LogP contribution < -0.4 is 5.73 Å². The van der Waals surface area contributed by atoms with Crippen LogP contribution in [0.4, 0.5) is 0 Å². The highest BCUT2D eigenvalue weighted by Crippen LogP contribution is 2.19. The van der Waals surface area contributed by atoms with Crippen LogP contribution in [0.2, 0.25) is 0 Å². The molecule has 1 atom stereocenters. The number of nitrogens with two attached hydrogens (primary N) is 1. The van der Waals surface area contributed by atoms with Crippen LogP contribution in [-0.2, 0) is 6.54 Å². The Morgan fingerprint density at radius 1 is 1.50 bits per heavy atom. The van der Waals surface area contributed by atoms with Crippen molar-refractivity contribution in [3.8, 4) is 0 Å². The summed E-state index contributed by atoms with van der Waals surface area (Å²) in [5.41, 5.74) is 8.73. The second-order valence-electron chi connectivity index (χ2n) is 3.02. The first-order chi connectivity index (χ1) is 5.66. The van der Waals surface area contributed by atoms with Gasteiger partial charge in [0.15, 0.2) is 0 Å². The van der Waals surface area contributed by atoms with Crippen LogP contribution in [0.1, 0.15) is 29.7 Å². The summed E-state index contributed by atoms with van der Waals surface area (Å²) < 4.78 is 0. The fourth-order valence-corrected chi connectivity index (χ4v) is 1.40. The summed E-state index contributed by atoms with van der Waals surface area (Å²) in [7, 11) is 0. The quantitative estimate of drug-likeness (QED) is 0.697. The van der Waals surface area contributed by atoms with Gasteiger partial charge in [0.25, 0.3) is 0 Å². The molecule has 0 saturated carbocycles. The smallest absolute Gasteiger partial charge is 0.0765 e. The number of rotatable bonds is 2. The van der Waals surface area contributed by atoms with Crippen LogP contribution in [0.5, 0.6) is 0 Å². The Kier molecular flexibility index (Phi) is 2.84. The Balaban J connectivity index is 3.18. The molecule has 0 spiro atoms. The lowest BCUT2D eigenvalue weighted by Crippen LogP contribution is -2.06. The highest BCUT2D eigenvalue weighted by molar-refractivity contribution is 5.35. The van der Waals surface area contributed by atoms with Crippen molar-refractivity contribution >= 4 is 0 Å². The number of aliphatic hydroxyl groups excluding tert-OH is 1. The van der Waals surface area contributed by atoms with Crippen LogP contribution in [0, 0.1) is 6.92 Å². The zero-order valence-corrected chi connectivity index (χ0v) is 7.54. The van der Waals surface area contributed by atoms with Gasteiger partial charge in [-0.1, -0.05) is 18.2 Å². The maximum Gasteiger partial charge on any atom is 0.0765 e. The topological polar surface area (TPSA) is 46.2 Å². The molecule has 0 amide bonds. The first-order valence-electron chi connectivity index (χ1n) is 4.13. The number of benzene rings is 1. The van der Waals surface area contributed by atoms with Crippen molar-refractivity contribution in [3.63, 3.8) is 0 Å². The van der Waals surface area contributed by atoms with E-state index >= 15 is 0 Å². The molecule has 0 heterocycles. The average Bonchev–Trinajstić information content (AvgIpc) is 2.03. The third-order valence-electron chi connectivity index (χ3n) is 2.10. The van der Waals surface area contributed by atoms with Crippen molar-refractivity contribution in [1.82, 2.24) is 0 Å². The molecule has 12 heavy (non-hydrogen) atoms. The third kappa shape index (κ3) is 1.65. The van der Waals surface area contributed by atoms with Crippen molar-refractivity contribution in [2.45, 2.75) is 26.5 Å². The molecule has 0 aromatic heterocycles. The number of aryl methyl sites for hydroxylation is 1. The Morgan fingerprint density at radius 2 is 2.17 bits per heavy atom. The van der Waals surface area contributed by atoms with E-state index in [9.17, 15) is 5.11 Å². The fourth-order valence-electron chi connectivity index (χ4n) is 1.40. The molecule has 0 saturated heterocycles. The minimum Gasteiger partial charge on any atom is -0.389 e. The molecule has 2 nitrogen and oxygen atoms in total. The maximum absolute atomic E-state index is 9.40. The van der Waals surface area contributed by atoms with E-state index in [-0.39, 0.29) is 0 Å². The second kappa shape index (κ2) is 3.70. The van der Waals surface area contributed by atoms with Gasteiger partial charge < -0.3 is 10.8 Å². The highest BCUT2D eigenvalue weighted by Gasteiger charge is 2.07. The van der Waals surface area contributed by atoms with Crippen molar-refractivity contribution < 1.29 is 5.11 Å². The van der Waals surface area contributed by atoms with Gasteiger partial charge in [-0.25, -0.2) is 0 Å². The van der Waals surface area contributed by atoms with Gasteiger partial charge in [-0.2, -0.15) is 0 Å². The molecule has 66 valence electrons. The number of hydrogen-bond acceptors (Lipinski definition) is 2. The summed E-state index contributed by atoms with van der Waals surface area (Å²) in [4.78, 5) is 0. The van der Waals surface area contributed by atoms with Gasteiger partial charge in [-0.3, -0.25) is 0 Å². The lowest BCUT2D eigenvalue weighted by atomic mass is 9.99. The summed E-state index contributed by atoms with van der Waals surface area (Å²) in [6.45, 7) is 4.26. The van der Waals surface area contributed by atoms with Crippen molar-refractivity contribution in [2.24, 2.45) is 5.73 Å². The third-order valence-corrected chi connectivity index (χ3v) is 2.10. The zero-order chi connectivity index (χ0) is 9.14. The largest absolute Gasteiger partial charge is 0.389 e. The van der Waals surface area contributed by atoms with E-state index in [4.69, 9.17) is 5.73 Å². The Labute approximate surface area is 73.0 Å². The molecule has 3 N–H and O–H groups in total. The standard InChI is InChI=1S/C10H15NO/c1-7-4-3-5-9(8(2)12)10(7)6-11/h3-5,8,12H,6,11H2,1-2H3. The second-order valence-corrected chi connectivity index (χ2v) is 3.02. The van der Waals surface area contributed by atoms with Crippen LogP contribution >= 0.6 is 0 Å². The highest BCUT2D eigenvalue weighted by atomic mass is 16.3. The van der Waals surface area contributed by atoms with E-state index in [2.05, 4.69) is 0 Å². The zero-order valence-electron chi connectivity index (χ0n) is 7.54. The maximum atomic E-state index is 9.40. The van der Waals surface area contributed by atoms with Crippen LogP contribution in [0.15, 0.2) is 18.2 Å². The van der Waals surface area contributed by atoms with E-state index < -0.39 is 6.10 Å². The molecule has 0 aliphatic heterocycles. The first-order valence-corrected chi connectivity index (χ1v) is 4.13. The minimum absolute atomic E-state index is 0.427. The molecule has 2 heteroatoms. The summed E-state index contributed by atoms with van der Waals surface area (Å²) in [5.74, 6) is 0. The Morgan fingerprint density at radius 3 is 2.58 bits per heavy atom. The summed E-state index contributed by atoms with van der Waals surface area (Å²) in [6.07, 6.45) is -0.427. The normalized spacial score (nSPS) is 13.0. The van der Waals surface area contributed by atoms with E-state index in [1.807, 2.05) is 25.1 Å². The van der Waals surface area contributed by atoms with E-state index in [1.54, 1.807) is 6.92 Å². The van der Waals surface area contributed by atoms with Gasteiger partial charge in [-0.15, -0.1) is 0 Å². The molecule has 0 fully saturated rings. The van der Waals surface area contributed by atoms with Gasteiger partial charge in [0, 0.05) is 6.54 Å². The SMILES string of the molecule is Cc1cccc(C(C)O)c1CN. The van der Waals surface area contributed by atoms with Crippen LogP contribution in [-0.4, -0.2) is 5.11 Å². The molecular weight excluding hydrogens is 150 g/mol. The van der Waals surface area contributed by atoms with E-state index in [0.717, 1.165) is 16.7 Å². The molecule has 0 aliphatic carbocycles.